The van der Waals surface area contributed by atoms with E-state index in [9.17, 15) is 14.9 Å². The van der Waals surface area contributed by atoms with Gasteiger partial charge in [-0.15, -0.1) is 21.5 Å². The summed E-state index contributed by atoms with van der Waals surface area (Å²) in [5, 5.41) is 25.1. The van der Waals surface area contributed by atoms with Gasteiger partial charge < -0.3 is 14.6 Å². The van der Waals surface area contributed by atoms with Crippen LogP contribution in [0.25, 0.3) is 22.6 Å². The van der Waals surface area contributed by atoms with E-state index in [2.05, 4.69) is 20.5 Å². The summed E-state index contributed by atoms with van der Waals surface area (Å²) in [7, 11) is 1.61. The Morgan fingerprint density at radius 3 is 2.82 bits per heavy atom. The SMILES string of the molecule is CCn1c(SCC(=O)Nc2nc(-c3cccc([N+](=O)[O-])c3)cs2)nnc1-c1ccccc1OC. The zero-order valence-electron chi connectivity index (χ0n) is 18.3. The van der Waals surface area contributed by atoms with E-state index in [1.165, 1.54) is 35.2 Å². The van der Waals surface area contributed by atoms with E-state index in [1.807, 2.05) is 35.8 Å². The van der Waals surface area contributed by atoms with Gasteiger partial charge in [0.15, 0.2) is 16.1 Å². The van der Waals surface area contributed by atoms with Crippen LogP contribution in [-0.4, -0.2) is 43.4 Å². The lowest BCUT2D eigenvalue weighted by molar-refractivity contribution is -0.384. The molecule has 4 aromatic rings. The Hall–Kier alpha value is -3.77. The molecule has 1 N–H and O–H groups in total. The maximum atomic E-state index is 12.5. The molecule has 0 aliphatic rings. The van der Waals surface area contributed by atoms with Crippen LogP contribution in [-0.2, 0) is 11.3 Å². The maximum Gasteiger partial charge on any atom is 0.270 e. The molecule has 0 unspecified atom stereocenters. The topological polar surface area (TPSA) is 125 Å². The second-order valence-electron chi connectivity index (χ2n) is 6.93. The first-order valence-corrected chi connectivity index (χ1v) is 12.1. The van der Waals surface area contributed by atoms with Crippen LogP contribution in [0.1, 0.15) is 6.92 Å². The molecule has 4 rings (SSSR count). The Morgan fingerprint density at radius 1 is 1.24 bits per heavy atom. The summed E-state index contributed by atoms with van der Waals surface area (Å²) < 4.78 is 7.36. The Kier molecular flexibility index (Phi) is 7.18. The lowest BCUT2D eigenvalue weighted by Crippen LogP contribution is -2.14. The van der Waals surface area contributed by atoms with E-state index in [0.29, 0.717) is 39.7 Å². The predicted molar refractivity (Wildman–Crippen MR) is 131 cm³/mol. The number of nitrogens with zero attached hydrogens (tertiary/aromatic N) is 5. The van der Waals surface area contributed by atoms with Gasteiger partial charge in [0.1, 0.15) is 5.75 Å². The van der Waals surface area contributed by atoms with Crippen molar-refractivity contribution in [3.63, 3.8) is 0 Å². The highest BCUT2D eigenvalue weighted by Gasteiger charge is 2.18. The summed E-state index contributed by atoms with van der Waals surface area (Å²) in [5.74, 6) is 1.25. The average molecular weight is 497 g/mol. The summed E-state index contributed by atoms with van der Waals surface area (Å²) in [5.41, 5.74) is 1.98. The number of methoxy groups -OCH3 is 1. The monoisotopic (exact) mass is 496 g/mol. The number of nitro groups is 1. The molecule has 12 heteroatoms. The van der Waals surface area contributed by atoms with E-state index >= 15 is 0 Å². The van der Waals surface area contributed by atoms with Gasteiger partial charge in [-0.25, -0.2) is 4.98 Å². The summed E-state index contributed by atoms with van der Waals surface area (Å²) >= 11 is 2.53. The number of non-ortho nitro benzene ring substituents is 1. The number of para-hydroxylation sites is 1. The van der Waals surface area contributed by atoms with Crippen LogP contribution in [0.2, 0.25) is 0 Å². The fourth-order valence-electron chi connectivity index (χ4n) is 3.24. The lowest BCUT2D eigenvalue weighted by Gasteiger charge is -2.10. The van der Waals surface area contributed by atoms with Gasteiger partial charge in [-0.05, 0) is 19.1 Å². The number of carbonyl (C=O) groups is 1. The van der Waals surface area contributed by atoms with Crippen molar-refractivity contribution in [1.29, 1.82) is 0 Å². The molecule has 0 aliphatic carbocycles. The van der Waals surface area contributed by atoms with Gasteiger partial charge in [-0.2, -0.15) is 0 Å². The highest BCUT2D eigenvalue weighted by atomic mass is 32.2. The van der Waals surface area contributed by atoms with Crippen molar-refractivity contribution < 1.29 is 14.5 Å². The molecule has 0 spiro atoms. The molecule has 2 heterocycles. The third kappa shape index (κ3) is 5.07. The molecule has 0 aliphatic heterocycles. The van der Waals surface area contributed by atoms with Gasteiger partial charge in [-0.1, -0.05) is 36.0 Å². The third-order valence-electron chi connectivity index (χ3n) is 4.82. The zero-order chi connectivity index (χ0) is 24.1. The highest BCUT2D eigenvalue weighted by molar-refractivity contribution is 7.99. The number of hydrogen-bond donors (Lipinski definition) is 1. The fourth-order valence-corrected chi connectivity index (χ4v) is 4.78. The number of hydrogen-bond acceptors (Lipinski definition) is 9. The zero-order valence-corrected chi connectivity index (χ0v) is 19.9. The van der Waals surface area contributed by atoms with Crippen molar-refractivity contribution >= 4 is 39.8 Å². The standard InChI is InChI=1S/C22H20N6O4S2/c1-3-27-20(16-9-4-5-10-18(16)32-2)25-26-22(27)34-13-19(29)24-21-23-17(12-33-21)14-7-6-8-15(11-14)28(30)31/h4-12H,3,13H2,1-2H3,(H,23,24,29). The number of thioether (sulfide) groups is 1. The number of benzene rings is 2. The van der Waals surface area contributed by atoms with Gasteiger partial charge in [0.25, 0.3) is 5.69 Å². The Bertz CT molecular complexity index is 1340. The molecule has 10 nitrogen and oxygen atoms in total. The third-order valence-corrected chi connectivity index (χ3v) is 6.54. The Labute approximate surface area is 203 Å². The van der Waals surface area contributed by atoms with E-state index in [1.54, 1.807) is 24.6 Å². The first-order valence-electron chi connectivity index (χ1n) is 10.2. The number of amides is 1. The predicted octanol–water partition coefficient (Wildman–Crippen LogP) is 4.74. The number of rotatable bonds is 9. The molecule has 0 atom stereocenters. The second-order valence-corrected chi connectivity index (χ2v) is 8.73. The molecule has 2 aromatic carbocycles. The number of aromatic nitrogens is 4. The van der Waals surface area contributed by atoms with Crippen LogP contribution >= 0.6 is 23.1 Å². The van der Waals surface area contributed by atoms with Crippen molar-refractivity contribution in [1.82, 2.24) is 19.7 Å². The number of ether oxygens (including phenoxy) is 1. The minimum atomic E-state index is -0.454. The highest BCUT2D eigenvalue weighted by Crippen LogP contribution is 2.31. The molecule has 34 heavy (non-hydrogen) atoms. The molecule has 0 radical (unpaired) electrons. The number of nitrogens with one attached hydrogen (secondary N) is 1. The van der Waals surface area contributed by atoms with Crippen LogP contribution in [0.5, 0.6) is 5.75 Å². The first kappa shape index (κ1) is 23.4. The van der Waals surface area contributed by atoms with Crippen molar-refractivity contribution in [2.75, 3.05) is 18.2 Å². The molecule has 0 saturated heterocycles. The van der Waals surface area contributed by atoms with Gasteiger partial charge >= 0.3 is 0 Å². The molecule has 0 fully saturated rings. The van der Waals surface area contributed by atoms with E-state index in [4.69, 9.17) is 4.74 Å². The molecule has 0 saturated carbocycles. The first-order chi connectivity index (χ1) is 16.5. The van der Waals surface area contributed by atoms with Crippen molar-refractivity contribution in [3.8, 4) is 28.4 Å². The van der Waals surface area contributed by atoms with Crippen LogP contribution in [0, 0.1) is 10.1 Å². The number of thiazole rings is 1. The average Bonchev–Trinajstić information content (AvgIpc) is 3.49. The minimum Gasteiger partial charge on any atom is -0.496 e. The van der Waals surface area contributed by atoms with Crippen molar-refractivity contribution in [2.45, 2.75) is 18.6 Å². The summed E-state index contributed by atoms with van der Waals surface area (Å²) in [4.78, 5) is 27.4. The van der Waals surface area contributed by atoms with Crippen LogP contribution in [0.3, 0.4) is 0 Å². The molecule has 174 valence electrons. The smallest absolute Gasteiger partial charge is 0.270 e. The van der Waals surface area contributed by atoms with Crippen LogP contribution in [0.15, 0.2) is 59.1 Å². The minimum absolute atomic E-state index is 0.0139. The molecular formula is C22H20N6O4S2. The van der Waals surface area contributed by atoms with Gasteiger partial charge in [-0.3, -0.25) is 14.9 Å². The largest absolute Gasteiger partial charge is 0.496 e. The fraction of sp³-hybridized carbons (Fsp3) is 0.182. The summed E-state index contributed by atoms with van der Waals surface area (Å²) in [6.07, 6.45) is 0. The van der Waals surface area contributed by atoms with Crippen molar-refractivity contribution in [3.05, 3.63) is 64.0 Å². The summed E-state index contributed by atoms with van der Waals surface area (Å²) in [6.45, 7) is 2.61. The van der Waals surface area contributed by atoms with Gasteiger partial charge in [0, 0.05) is 29.6 Å². The quantitative estimate of drug-likeness (QED) is 0.200. The lowest BCUT2D eigenvalue weighted by atomic mass is 10.1. The Morgan fingerprint density at radius 2 is 2.06 bits per heavy atom. The maximum absolute atomic E-state index is 12.5. The molecule has 2 aromatic heterocycles. The van der Waals surface area contributed by atoms with Crippen LogP contribution < -0.4 is 10.1 Å². The van der Waals surface area contributed by atoms with E-state index < -0.39 is 4.92 Å². The second kappa shape index (κ2) is 10.4. The molecule has 0 bridgehead atoms. The van der Waals surface area contributed by atoms with Gasteiger partial charge in [0.05, 0.1) is 29.0 Å². The van der Waals surface area contributed by atoms with Crippen molar-refractivity contribution in [2.24, 2.45) is 0 Å². The Balaban J connectivity index is 1.42. The van der Waals surface area contributed by atoms with Gasteiger partial charge in [0.2, 0.25) is 5.91 Å². The molecule has 1 amide bonds. The number of carbonyl (C=O) groups excluding carboxylic acids is 1. The van der Waals surface area contributed by atoms with E-state index in [0.717, 1.165) is 5.56 Å². The molecular weight excluding hydrogens is 476 g/mol. The number of anilines is 1. The summed E-state index contributed by atoms with van der Waals surface area (Å²) in [6, 6.07) is 13.8. The normalized spacial score (nSPS) is 10.8. The van der Waals surface area contributed by atoms with Crippen LogP contribution in [0.4, 0.5) is 10.8 Å². The van der Waals surface area contributed by atoms with E-state index in [-0.39, 0.29) is 17.3 Å². The number of nitro benzene ring substituents is 1.